The van der Waals surface area contributed by atoms with E-state index in [1.165, 1.54) is 12.1 Å². The summed E-state index contributed by atoms with van der Waals surface area (Å²) >= 11 is 6.65. The Morgan fingerprint density at radius 3 is 2.77 bits per heavy atom. The van der Waals surface area contributed by atoms with Gasteiger partial charge in [-0.1, -0.05) is 11.6 Å². The van der Waals surface area contributed by atoms with Gasteiger partial charge in [-0.15, -0.1) is 0 Å². The van der Waals surface area contributed by atoms with Crippen LogP contribution in [0, 0.1) is 5.82 Å². The second-order valence-corrected chi connectivity index (χ2v) is 10.1. The molecule has 0 spiro atoms. The van der Waals surface area contributed by atoms with Gasteiger partial charge in [0.25, 0.3) is 0 Å². The van der Waals surface area contributed by atoms with E-state index in [-0.39, 0.29) is 5.82 Å². The first kappa shape index (κ1) is 23.5. The zero-order valence-corrected chi connectivity index (χ0v) is 20.7. The lowest BCUT2D eigenvalue weighted by Gasteiger charge is -2.23. The number of halogens is 2. The van der Waals surface area contributed by atoms with Crippen molar-refractivity contribution in [1.29, 1.82) is 0 Å². The minimum atomic E-state index is -0.574. The van der Waals surface area contributed by atoms with Crippen molar-refractivity contribution in [3.05, 3.63) is 83.0 Å². The Hall–Kier alpha value is -3.29. The monoisotopic (exact) mass is 495 g/mol. The molecule has 0 saturated carbocycles. The molecule has 182 valence electrons. The van der Waals surface area contributed by atoms with Crippen molar-refractivity contribution in [2.24, 2.45) is 0 Å². The topological polar surface area (TPSA) is 48.6 Å². The van der Waals surface area contributed by atoms with Crippen LogP contribution in [0.4, 0.5) is 9.18 Å². The Kier molecular flexibility index (Phi) is 6.07. The van der Waals surface area contributed by atoms with Crippen molar-refractivity contribution >= 4 is 28.6 Å². The molecule has 6 nitrogen and oxygen atoms in total. The number of rotatable bonds is 3. The summed E-state index contributed by atoms with van der Waals surface area (Å²) < 4.78 is 28.8. The third kappa shape index (κ3) is 4.92. The standard InChI is InChI=1S/C27H27ClFN3O3/c1-27(2,3)35-26(33)32-9-4-5-21(32)17-30-11-12-34-25-19(16-30)14-22(15-23(25)28)31-10-8-18-13-20(29)6-7-24(18)31/h4-10,13-15H,11-12,16-17H2,1-3H3. The predicted molar refractivity (Wildman–Crippen MR) is 134 cm³/mol. The van der Waals surface area contributed by atoms with Crippen LogP contribution in [-0.2, 0) is 17.8 Å². The van der Waals surface area contributed by atoms with Crippen LogP contribution in [-0.4, -0.2) is 38.9 Å². The fourth-order valence-corrected chi connectivity index (χ4v) is 4.67. The molecule has 2 aromatic heterocycles. The maximum atomic E-state index is 13.7. The number of hydrogen-bond acceptors (Lipinski definition) is 4. The van der Waals surface area contributed by atoms with Crippen molar-refractivity contribution < 1.29 is 18.7 Å². The summed E-state index contributed by atoms with van der Waals surface area (Å²) in [5, 5.41) is 1.34. The summed E-state index contributed by atoms with van der Waals surface area (Å²) in [6.45, 7) is 7.84. The lowest BCUT2D eigenvalue weighted by atomic mass is 10.1. The highest BCUT2D eigenvalue weighted by molar-refractivity contribution is 6.32. The molecular formula is C27H27ClFN3O3. The van der Waals surface area contributed by atoms with Crippen LogP contribution in [0.2, 0.25) is 5.02 Å². The summed E-state index contributed by atoms with van der Waals surface area (Å²) in [6.07, 6.45) is 3.23. The van der Waals surface area contributed by atoms with Crippen LogP contribution in [0.3, 0.4) is 0 Å². The fourth-order valence-electron chi connectivity index (χ4n) is 4.39. The van der Waals surface area contributed by atoms with Gasteiger partial charge in [0.05, 0.1) is 10.5 Å². The Labute approximate surface area is 208 Å². The average molecular weight is 496 g/mol. The Morgan fingerprint density at radius 1 is 1.14 bits per heavy atom. The molecule has 1 aliphatic heterocycles. The molecule has 0 radical (unpaired) electrons. The van der Waals surface area contributed by atoms with E-state index < -0.39 is 11.7 Å². The number of carbonyl (C=O) groups excluding carboxylic acids is 1. The second-order valence-electron chi connectivity index (χ2n) is 9.71. The minimum absolute atomic E-state index is 0.268. The number of carbonyl (C=O) groups is 1. The Balaban J connectivity index is 1.43. The first-order chi connectivity index (χ1) is 16.7. The largest absolute Gasteiger partial charge is 0.490 e. The van der Waals surface area contributed by atoms with Gasteiger partial charge in [0.1, 0.15) is 23.8 Å². The first-order valence-corrected chi connectivity index (χ1v) is 11.9. The number of benzene rings is 2. The molecule has 0 saturated heterocycles. The highest BCUT2D eigenvalue weighted by Crippen LogP contribution is 2.35. The molecule has 1 aliphatic rings. The normalized spacial score (nSPS) is 14.4. The fraction of sp³-hybridized carbons (Fsp3) is 0.296. The van der Waals surface area contributed by atoms with Gasteiger partial charge in [-0.3, -0.25) is 9.47 Å². The van der Waals surface area contributed by atoms with Gasteiger partial charge in [0.15, 0.2) is 0 Å². The van der Waals surface area contributed by atoms with Crippen molar-refractivity contribution in [2.45, 2.75) is 39.5 Å². The van der Waals surface area contributed by atoms with Crippen molar-refractivity contribution in [3.8, 4) is 11.4 Å². The number of nitrogens with zero attached hydrogens (tertiary/aromatic N) is 3. The minimum Gasteiger partial charge on any atom is -0.490 e. The van der Waals surface area contributed by atoms with Crippen LogP contribution in [0.1, 0.15) is 32.0 Å². The molecule has 3 heterocycles. The van der Waals surface area contributed by atoms with Gasteiger partial charge in [-0.05, 0) is 69.3 Å². The van der Waals surface area contributed by atoms with Crippen molar-refractivity contribution in [2.75, 3.05) is 13.2 Å². The Morgan fingerprint density at radius 2 is 1.97 bits per heavy atom. The molecule has 0 atom stereocenters. The first-order valence-electron chi connectivity index (χ1n) is 11.5. The van der Waals surface area contributed by atoms with Crippen LogP contribution in [0.5, 0.6) is 5.75 Å². The number of fused-ring (bicyclic) bond motifs is 2. The van der Waals surface area contributed by atoms with Crippen molar-refractivity contribution in [1.82, 2.24) is 14.0 Å². The molecule has 35 heavy (non-hydrogen) atoms. The third-order valence-electron chi connectivity index (χ3n) is 5.89. The van der Waals surface area contributed by atoms with E-state index in [4.69, 9.17) is 21.1 Å². The zero-order valence-electron chi connectivity index (χ0n) is 19.9. The lowest BCUT2D eigenvalue weighted by molar-refractivity contribution is 0.0528. The third-order valence-corrected chi connectivity index (χ3v) is 6.17. The highest BCUT2D eigenvalue weighted by atomic mass is 35.5. The number of ether oxygens (including phenoxy) is 2. The quantitative estimate of drug-likeness (QED) is 0.330. The number of aromatic nitrogens is 2. The van der Waals surface area contributed by atoms with E-state index in [0.29, 0.717) is 37.0 Å². The van der Waals surface area contributed by atoms with Crippen LogP contribution >= 0.6 is 11.6 Å². The molecule has 0 N–H and O–H groups in total. The van der Waals surface area contributed by atoms with E-state index in [2.05, 4.69) is 11.0 Å². The maximum absolute atomic E-state index is 13.7. The SMILES string of the molecule is CC(C)(C)OC(=O)n1cccc1CN1CCOc2c(Cl)cc(-n3ccc4cc(F)ccc43)cc2C1. The Bertz CT molecular complexity index is 1400. The number of hydrogen-bond donors (Lipinski definition) is 0. The molecule has 0 unspecified atom stereocenters. The predicted octanol–water partition coefficient (Wildman–Crippen LogP) is 6.40. The second kappa shape index (κ2) is 9.06. The highest BCUT2D eigenvalue weighted by Gasteiger charge is 2.23. The molecule has 0 amide bonds. The molecule has 4 aromatic rings. The molecule has 0 bridgehead atoms. The van der Waals surface area contributed by atoms with Gasteiger partial charge in [0, 0.05) is 54.4 Å². The van der Waals surface area contributed by atoms with E-state index in [1.807, 2.05) is 55.8 Å². The summed E-state index contributed by atoms with van der Waals surface area (Å²) in [7, 11) is 0. The van der Waals surface area contributed by atoms with Gasteiger partial charge in [-0.25, -0.2) is 9.18 Å². The molecular weight excluding hydrogens is 469 g/mol. The van der Waals surface area contributed by atoms with E-state index in [9.17, 15) is 9.18 Å². The smallest absolute Gasteiger partial charge is 0.418 e. The molecule has 0 fully saturated rings. The van der Waals surface area contributed by atoms with Gasteiger partial charge in [-0.2, -0.15) is 0 Å². The van der Waals surface area contributed by atoms with Crippen LogP contribution in [0.25, 0.3) is 16.6 Å². The summed E-state index contributed by atoms with van der Waals surface area (Å²) in [5.41, 5.74) is 2.98. The molecule has 5 rings (SSSR count). The van der Waals surface area contributed by atoms with E-state index >= 15 is 0 Å². The average Bonchev–Trinajstić information content (AvgIpc) is 3.35. The van der Waals surface area contributed by atoms with E-state index in [0.717, 1.165) is 27.8 Å². The molecule has 2 aromatic carbocycles. The molecule has 8 heteroatoms. The van der Waals surface area contributed by atoms with Gasteiger partial charge >= 0.3 is 6.09 Å². The van der Waals surface area contributed by atoms with Crippen LogP contribution < -0.4 is 4.74 Å². The summed E-state index contributed by atoms with van der Waals surface area (Å²) in [6, 6.07) is 14.3. The summed E-state index contributed by atoms with van der Waals surface area (Å²) in [4.78, 5) is 14.9. The molecule has 0 aliphatic carbocycles. The van der Waals surface area contributed by atoms with Gasteiger partial charge < -0.3 is 14.0 Å². The lowest BCUT2D eigenvalue weighted by Crippen LogP contribution is -2.30. The van der Waals surface area contributed by atoms with Gasteiger partial charge in [0.2, 0.25) is 0 Å². The van der Waals surface area contributed by atoms with E-state index in [1.54, 1.807) is 16.8 Å². The summed E-state index contributed by atoms with van der Waals surface area (Å²) in [5.74, 6) is 0.401. The zero-order chi connectivity index (χ0) is 24.7. The van der Waals surface area contributed by atoms with Crippen LogP contribution in [0.15, 0.2) is 60.9 Å². The maximum Gasteiger partial charge on any atom is 0.418 e. The van der Waals surface area contributed by atoms with Crippen molar-refractivity contribution in [3.63, 3.8) is 0 Å².